The topological polar surface area (TPSA) is 17.1 Å². The van der Waals surface area contributed by atoms with E-state index in [1.54, 1.807) is 0 Å². The molecule has 0 aliphatic rings. The Morgan fingerprint density at radius 2 is 1.67 bits per heavy atom. The molecule has 1 nitrogen and oxygen atoms in total. The Labute approximate surface area is 123 Å². The summed E-state index contributed by atoms with van der Waals surface area (Å²) >= 11 is 6.80. The highest BCUT2D eigenvalue weighted by Gasteiger charge is 2.10. The number of hydrogen-bond acceptors (Lipinski definition) is 1. The molecule has 0 N–H and O–H groups in total. The van der Waals surface area contributed by atoms with Crippen molar-refractivity contribution in [2.24, 2.45) is 0 Å². The molecular weight excluding hydrogens is 356 g/mol. The lowest BCUT2D eigenvalue weighted by atomic mass is 10.00. The maximum atomic E-state index is 12.2. The van der Waals surface area contributed by atoms with Gasteiger partial charge in [-0.3, -0.25) is 4.79 Å². The second kappa shape index (κ2) is 5.81. The molecule has 0 atom stereocenters. The normalized spacial score (nSPS) is 10.4. The van der Waals surface area contributed by atoms with Gasteiger partial charge in [0.1, 0.15) is 0 Å². The van der Waals surface area contributed by atoms with E-state index < -0.39 is 0 Å². The van der Waals surface area contributed by atoms with Crippen molar-refractivity contribution in [2.45, 2.75) is 13.3 Å². The van der Waals surface area contributed by atoms with E-state index in [0.29, 0.717) is 6.42 Å². The minimum Gasteiger partial charge on any atom is -0.294 e. The fourth-order valence-electron chi connectivity index (χ4n) is 1.80. The first-order valence-corrected chi connectivity index (χ1v) is 7.18. The summed E-state index contributed by atoms with van der Waals surface area (Å²) < 4.78 is 1.81. The van der Waals surface area contributed by atoms with Crippen LogP contribution in [-0.4, -0.2) is 5.78 Å². The number of ketones is 1. The molecular formula is C15H12Br2O. The Bertz CT molecular complexity index is 571. The van der Waals surface area contributed by atoms with Crippen molar-refractivity contribution in [3.63, 3.8) is 0 Å². The van der Waals surface area contributed by atoms with Crippen LogP contribution in [0, 0.1) is 6.92 Å². The van der Waals surface area contributed by atoms with Crippen LogP contribution >= 0.6 is 31.9 Å². The van der Waals surface area contributed by atoms with Gasteiger partial charge >= 0.3 is 0 Å². The molecule has 0 aliphatic heterocycles. The highest BCUT2D eigenvalue weighted by molar-refractivity contribution is 9.11. The minimum atomic E-state index is 0.131. The summed E-state index contributed by atoms with van der Waals surface area (Å²) in [6, 6.07) is 13.6. The zero-order chi connectivity index (χ0) is 13.1. The Morgan fingerprint density at radius 3 is 2.28 bits per heavy atom. The maximum absolute atomic E-state index is 12.2. The summed E-state index contributed by atoms with van der Waals surface area (Å²) in [6.45, 7) is 2.03. The molecule has 0 amide bonds. The summed E-state index contributed by atoms with van der Waals surface area (Å²) in [5, 5.41) is 0. The molecule has 0 aliphatic carbocycles. The maximum Gasteiger partial charge on any atom is 0.167 e. The van der Waals surface area contributed by atoms with Crippen molar-refractivity contribution < 1.29 is 4.79 Å². The molecule has 0 saturated heterocycles. The molecule has 0 radical (unpaired) electrons. The van der Waals surface area contributed by atoms with Gasteiger partial charge in [-0.15, -0.1) is 0 Å². The molecule has 0 fully saturated rings. The molecule has 0 bridgehead atoms. The van der Waals surface area contributed by atoms with E-state index in [-0.39, 0.29) is 5.78 Å². The molecule has 3 heteroatoms. The lowest BCUT2D eigenvalue weighted by Gasteiger charge is -2.06. The lowest BCUT2D eigenvalue weighted by molar-refractivity contribution is 0.0992. The SMILES string of the molecule is Cc1ccccc1CC(=O)c1cc(Br)cc(Br)c1. The van der Waals surface area contributed by atoms with Crippen LogP contribution in [0.2, 0.25) is 0 Å². The van der Waals surface area contributed by atoms with Crippen molar-refractivity contribution in [1.82, 2.24) is 0 Å². The number of carbonyl (C=O) groups excluding carboxylic acids is 1. The third-order valence-corrected chi connectivity index (χ3v) is 3.71. The van der Waals surface area contributed by atoms with Crippen molar-refractivity contribution in [1.29, 1.82) is 0 Å². The molecule has 18 heavy (non-hydrogen) atoms. The van der Waals surface area contributed by atoms with Gasteiger partial charge in [-0.2, -0.15) is 0 Å². The number of benzene rings is 2. The van der Waals surface area contributed by atoms with E-state index >= 15 is 0 Å². The van der Waals surface area contributed by atoms with Crippen LogP contribution in [0.25, 0.3) is 0 Å². The third-order valence-electron chi connectivity index (χ3n) is 2.80. The van der Waals surface area contributed by atoms with E-state index in [0.717, 1.165) is 25.6 Å². The Kier molecular flexibility index (Phi) is 4.36. The average Bonchev–Trinajstić information content (AvgIpc) is 2.31. The van der Waals surface area contributed by atoms with E-state index in [4.69, 9.17) is 0 Å². The molecule has 0 unspecified atom stereocenters. The first kappa shape index (κ1) is 13.5. The molecule has 0 aromatic heterocycles. The van der Waals surface area contributed by atoms with Gasteiger partial charge in [-0.25, -0.2) is 0 Å². The average molecular weight is 368 g/mol. The molecule has 2 aromatic carbocycles. The van der Waals surface area contributed by atoms with Gasteiger partial charge < -0.3 is 0 Å². The van der Waals surface area contributed by atoms with E-state index in [2.05, 4.69) is 31.9 Å². The second-order valence-corrected chi connectivity index (χ2v) is 6.02. The van der Waals surface area contributed by atoms with Crippen LogP contribution in [0.3, 0.4) is 0 Å². The monoisotopic (exact) mass is 366 g/mol. The van der Waals surface area contributed by atoms with Gasteiger partial charge in [-0.1, -0.05) is 56.1 Å². The fourth-order valence-corrected chi connectivity index (χ4v) is 3.09. The van der Waals surface area contributed by atoms with Crippen LogP contribution < -0.4 is 0 Å². The molecule has 2 aromatic rings. The van der Waals surface area contributed by atoms with E-state index in [9.17, 15) is 4.79 Å². The highest BCUT2D eigenvalue weighted by Crippen LogP contribution is 2.21. The van der Waals surface area contributed by atoms with Crippen LogP contribution in [-0.2, 0) is 6.42 Å². The Balaban J connectivity index is 2.25. The summed E-state index contributed by atoms with van der Waals surface area (Å²) in [4.78, 5) is 12.2. The predicted molar refractivity (Wildman–Crippen MR) is 81.1 cm³/mol. The number of Topliss-reactive ketones (excluding diaryl/α,β-unsaturated/α-hetero) is 1. The van der Waals surface area contributed by atoms with Gasteiger partial charge in [0.05, 0.1) is 0 Å². The molecule has 92 valence electrons. The smallest absolute Gasteiger partial charge is 0.167 e. The number of halogens is 2. The summed E-state index contributed by atoms with van der Waals surface area (Å²) in [5.74, 6) is 0.131. The van der Waals surface area contributed by atoms with Crippen LogP contribution in [0.15, 0.2) is 51.4 Å². The van der Waals surface area contributed by atoms with Crippen LogP contribution in [0.1, 0.15) is 21.5 Å². The lowest BCUT2D eigenvalue weighted by Crippen LogP contribution is -2.04. The molecule has 0 spiro atoms. The zero-order valence-corrected chi connectivity index (χ0v) is 13.1. The summed E-state index contributed by atoms with van der Waals surface area (Å²) in [6.07, 6.45) is 0.440. The predicted octanol–water partition coefficient (Wildman–Crippen LogP) is 4.95. The summed E-state index contributed by atoms with van der Waals surface area (Å²) in [7, 11) is 0. The number of hydrogen-bond donors (Lipinski definition) is 0. The van der Waals surface area contributed by atoms with Gasteiger partial charge in [0.15, 0.2) is 5.78 Å². The first-order chi connectivity index (χ1) is 8.56. The van der Waals surface area contributed by atoms with Crippen molar-refractivity contribution >= 4 is 37.6 Å². The fraction of sp³-hybridized carbons (Fsp3) is 0.133. The number of rotatable bonds is 3. The van der Waals surface area contributed by atoms with Crippen molar-refractivity contribution in [3.8, 4) is 0 Å². The number of carbonyl (C=O) groups is 1. The Morgan fingerprint density at radius 1 is 1.06 bits per heavy atom. The largest absolute Gasteiger partial charge is 0.294 e. The van der Waals surface area contributed by atoms with Crippen LogP contribution in [0.4, 0.5) is 0 Å². The minimum absolute atomic E-state index is 0.131. The van der Waals surface area contributed by atoms with Crippen LogP contribution in [0.5, 0.6) is 0 Å². The van der Waals surface area contributed by atoms with Gasteiger partial charge in [0.2, 0.25) is 0 Å². The molecule has 2 rings (SSSR count). The summed E-state index contributed by atoms with van der Waals surface area (Å²) in [5.41, 5.74) is 2.96. The number of aryl methyl sites for hydroxylation is 1. The van der Waals surface area contributed by atoms with Crippen molar-refractivity contribution in [3.05, 3.63) is 68.1 Å². The van der Waals surface area contributed by atoms with Gasteiger partial charge in [0.25, 0.3) is 0 Å². The quantitative estimate of drug-likeness (QED) is 0.701. The second-order valence-electron chi connectivity index (χ2n) is 4.18. The first-order valence-electron chi connectivity index (χ1n) is 5.60. The zero-order valence-electron chi connectivity index (χ0n) is 9.91. The van der Waals surface area contributed by atoms with E-state index in [1.807, 2.05) is 49.4 Å². The van der Waals surface area contributed by atoms with Crippen molar-refractivity contribution in [2.75, 3.05) is 0 Å². The molecule has 0 saturated carbocycles. The molecule has 0 heterocycles. The van der Waals surface area contributed by atoms with Gasteiger partial charge in [-0.05, 0) is 36.2 Å². The third kappa shape index (κ3) is 3.30. The Hall–Kier alpha value is -0.930. The standard InChI is InChI=1S/C15H12Br2O/c1-10-4-2-3-5-11(10)8-15(18)12-6-13(16)9-14(17)7-12/h2-7,9H,8H2,1H3. The highest BCUT2D eigenvalue weighted by atomic mass is 79.9. The van der Waals surface area contributed by atoms with Gasteiger partial charge in [0, 0.05) is 20.9 Å². The van der Waals surface area contributed by atoms with E-state index in [1.165, 1.54) is 0 Å².